The summed E-state index contributed by atoms with van der Waals surface area (Å²) in [7, 11) is -2.88. The number of ether oxygens (including phenoxy) is 1. The predicted molar refractivity (Wildman–Crippen MR) is 204 cm³/mol. The lowest BCUT2D eigenvalue weighted by Crippen LogP contribution is -2.55. The Kier molecular flexibility index (Phi) is 12.8. The zero-order valence-corrected chi connectivity index (χ0v) is 35.0. The van der Waals surface area contributed by atoms with E-state index in [-0.39, 0.29) is 27.6 Å². The summed E-state index contributed by atoms with van der Waals surface area (Å²) in [6.45, 7) is 28.5. The maximum absolute atomic E-state index is 13.4. The van der Waals surface area contributed by atoms with Crippen molar-refractivity contribution < 1.29 is 22.9 Å². The van der Waals surface area contributed by atoms with Crippen LogP contribution in [0.3, 0.4) is 0 Å². The van der Waals surface area contributed by atoms with Crippen molar-refractivity contribution in [2.45, 2.75) is 122 Å². The fourth-order valence-electron chi connectivity index (χ4n) is 5.41. The van der Waals surface area contributed by atoms with E-state index in [9.17, 15) is 4.79 Å². The van der Waals surface area contributed by atoms with E-state index in [1.54, 1.807) is 18.5 Å². The van der Waals surface area contributed by atoms with Crippen molar-refractivity contribution in [2.24, 2.45) is 11.8 Å². The highest BCUT2D eigenvalue weighted by Gasteiger charge is 2.51. The van der Waals surface area contributed by atoms with E-state index in [0.717, 1.165) is 11.1 Å². The standard InChI is InChI=1S/C32H57N2O5PS3Si2/c1-22(2)31(5,6)44(10,11)37-21-27-26(39-45(12,13)32(7,8)23(3)4)20-29(34-19-18-28(41)33-30(34)35)43-40(42,38-27)25-16-14-24(36-9)15-17-25/h14-17,22-23,26-27,29H,18-21H2,1-13H3,(H,33,35,41)/t26-,27+,29+,40?/m0/s1. The second-order valence-corrected chi connectivity index (χ2v) is 31.7. The zero-order chi connectivity index (χ0) is 34.2. The fourth-order valence-corrected chi connectivity index (χ4v) is 17.3. The van der Waals surface area contributed by atoms with Crippen LogP contribution >= 0.6 is 29.1 Å². The van der Waals surface area contributed by atoms with Crippen LogP contribution in [0.1, 0.15) is 68.2 Å². The number of nitrogens with zero attached hydrogens (tertiary/aromatic N) is 1. The van der Waals surface area contributed by atoms with Crippen molar-refractivity contribution in [3.63, 3.8) is 0 Å². The molecule has 3 rings (SSSR count). The summed E-state index contributed by atoms with van der Waals surface area (Å²) >= 11 is 13.5. The number of nitrogens with one attached hydrogen (secondary N) is 1. The van der Waals surface area contributed by atoms with Gasteiger partial charge in [-0.1, -0.05) is 90.8 Å². The molecule has 256 valence electrons. The molecule has 0 aliphatic carbocycles. The lowest BCUT2D eigenvalue weighted by Gasteiger charge is -2.47. The van der Waals surface area contributed by atoms with Gasteiger partial charge in [-0.3, -0.25) is 0 Å². The van der Waals surface area contributed by atoms with Gasteiger partial charge in [0.2, 0.25) is 0 Å². The summed E-state index contributed by atoms with van der Waals surface area (Å²) in [5.41, 5.74) is -2.75. The second kappa shape index (κ2) is 14.7. The zero-order valence-electron chi connectivity index (χ0n) is 29.7. The van der Waals surface area contributed by atoms with Crippen LogP contribution in [-0.4, -0.2) is 70.4 Å². The number of hydrogen-bond donors (Lipinski definition) is 1. The average Bonchev–Trinajstić information content (AvgIpc) is 3.07. The third-order valence-corrected chi connectivity index (χ3v) is 27.3. The van der Waals surface area contributed by atoms with E-state index in [1.807, 2.05) is 29.2 Å². The second-order valence-electron chi connectivity index (χ2n) is 15.2. The average molecular weight is 733 g/mol. The summed E-state index contributed by atoms with van der Waals surface area (Å²) in [5.74, 6) is 1.66. The Morgan fingerprint density at radius 1 is 1.04 bits per heavy atom. The Hall–Kier alpha value is -0.306. The first-order chi connectivity index (χ1) is 20.6. The van der Waals surface area contributed by atoms with E-state index in [4.69, 9.17) is 42.1 Å². The highest BCUT2D eigenvalue weighted by atomic mass is 32.9. The van der Waals surface area contributed by atoms with Gasteiger partial charge < -0.3 is 28.3 Å². The van der Waals surface area contributed by atoms with Crippen LogP contribution in [0.25, 0.3) is 0 Å². The molecule has 0 spiro atoms. The molecular formula is C32H57N2O5PS3Si2. The number of benzene rings is 1. The van der Waals surface area contributed by atoms with Gasteiger partial charge in [0.25, 0.3) is 0 Å². The Morgan fingerprint density at radius 2 is 1.60 bits per heavy atom. The topological polar surface area (TPSA) is 69.3 Å². The molecule has 2 saturated heterocycles. The van der Waals surface area contributed by atoms with Gasteiger partial charge in [-0.25, -0.2) is 4.79 Å². The van der Waals surface area contributed by atoms with Crippen molar-refractivity contribution in [3.05, 3.63) is 24.3 Å². The molecule has 2 aliphatic heterocycles. The van der Waals surface area contributed by atoms with E-state index in [2.05, 4.69) is 86.9 Å². The first-order valence-corrected chi connectivity index (χ1v) is 26.5. The minimum Gasteiger partial charge on any atom is -0.497 e. The number of methoxy groups -OCH3 is 1. The molecule has 1 unspecified atom stereocenters. The number of carbonyl (C=O) groups excluding carboxylic acids is 1. The van der Waals surface area contributed by atoms with Crippen LogP contribution in [0.15, 0.2) is 24.3 Å². The molecule has 0 saturated carbocycles. The van der Waals surface area contributed by atoms with Crippen LogP contribution in [0.4, 0.5) is 4.79 Å². The quantitative estimate of drug-likeness (QED) is 0.130. The largest absolute Gasteiger partial charge is 0.497 e. The number of thiocarbonyl (C=S) groups is 1. The van der Waals surface area contributed by atoms with Crippen molar-refractivity contribution in [1.29, 1.82) is 0 Å². The molecule has 0 radical (unpaired) electrons. The third kappa shape index (κ3) is 8.65. The van der Waals surface area contributed by atoms with Gasteiger partial charge in [0, 0.05) is 24.7 Å². The van der Waals surface area contributed by atoms with Gasteiger partial charge in [0.1, 0.15) is 11.9 Å². The lowest BCUT2D eigenvalue weighted by atomic mass is 9.99. The van der Waals surface area contributed by atoms with Gasteiger partial charge in [-0.05, 0) is 72.4 Å². The number of rotatable bonds is 12. The molecule has 7 nitrogen and oxygen atoms in total. The van der Waals surface area contributed by atoms with Gasteiger partial charge in [0.05, 0.1) is 30.2 Å². The molecule has 1 N–H and O–H groups in total. The van der Waals surface area contributed by atoms with Crippen molar-refractivity contribution in [1.82, 2.24) is 10.2 Å². The van der Waals surface area contributed by atoms with E-state index >= 15 is 0 Å². The highest BCUT2D eigenvalue weighted by Crippen LogP contribution is 2.65. The Labute approximate surface area is 289 Å². The molecule has 1 aromatic carbocycles. The number of carbonyl (C=O) groups is 1. The van der Waals surface area contributed by atoms with Crippen LogP contribution in [-0.2, 0) is 25.2 Å². The van der Waals surface area contributed by atoms with Gasteiger partial charge in [0.15, 0.2) is 22.1 Å². The van der Waals surface area contributed by atoms with Gasteiger partial charge in [-0.15, -0.1) is 0 Å². The number of hydrogen-bond acceptors (Lipinski definition) is 8. The predicted octanol–water partition coefficient (Wildman–Crippen LogP) is 8.91. The molecule has 2 aliphatic rings. The normalized spacial score (nSPS) is 25.8. The van der Waals surface area contributed by atoms with Crippen molar-refractivity contribution >= 4 is 73.8 Å². The van der Waals surface area contributed by atoms with Crippen LogP contribution < -0.4 is 15.4 Å². The SMILES string of the molecule is COc1ccc(P2(=S)O[C@H](CO[Si](C)(C)C(C)(C)C(C)C)[C@@H](O[Si](C)(C)C(C)(C)C(C)C)C[C@H](N3CCC(=S)NC3=O)S2)cc1. The van der Waals surface area contributed by atoms with E-state index < -0.39 is 28.2 Å². The number of urea groups is 1. The van der Waals surface area contributed by atoms with Crippen molar-refractivity contribution in [2.75, 3.05) is 20.3 Å². The maximum Gasteiger partial charge on any atom is 0.323 e. The van der Waals surface area contributed by atoms with Gasteiger partial charge >= 0.3 is 6.03 Å². The molecule has 4 atom stereocenters. The molecule has 1 aromatic rings. The molecule has 13 heteroatoms. The van der Waals surface area contributed by atoms with Crippen molar-refractivity contribution in [3.8, 4) is 5.75 Å². The Morgan fingerprint density at radius 3 is 2.11 bits per heavy atom. The fraction of sp³-hybridized carbons (Fsp3) is 0.750. The molecular weight excluding hydrogens is 676 g/mol. The Bertz CT molecular complexity index is 1260. The smallest absolute Gasteiger partial charge is 0.323 e. The molecule has 2 heterocycles. The minimum atomic E-state index is -2.75. The van der Waals surface area contributed by atoms with Crippen LogP contribution in [0.5, 0.6) is 5.75 Å². The first kappa shape index (κ1) is 39.1. The Balaban J connectivity index is 2.13. The highest BCUT2D eigenvalue weighted by molar-refractivity contribution is 8.71. The summed E-state index contributed by atoms with van der Waals surface area (Å²) in [5, 5.41) is 3.61. The van der Waals surface area contributed by atoms with E-state index in [1.165, 1.54) is 0 Å². The van der Waals surface area contributed by atoms with Crippen LogP contribution in [0, 0.1) is 11.8 Å². The molecule has 0 aromatic heterocycles. The van der Waals surface area contributed by atoms with Gasteiger partial charge in [-0.2, -0.15) is 0 Å². The maximum atomic E-state index is 13.4. The summed E-state index contributed by atoms with van der Waals surface area (Å²) in [4.78, 5) is 15.8. The number of amides is 2. The molecule has 2 fully saturated rings. The lowest BCUT2D eigenvalue weighted by molar-refractivity contribution is 0.0108. The molecule has 2 amide bonds. The summed E-state index contributed by atoms with van der Waals surface area (Å²) < 4.78 is 27.0. The first-order valence-electron chi connectivity index (χ1n) is 16.1. The van der Waals surface area contributed by atoms with E-state index in [0.29, 0.717) is 42.8 Å². The monoisotopic (exact) mass is 732 g/mol. The third-order valence-electron chi connectivity index (χ3n) is 11.3. The minimum absolute atomic E-state index is 0.00806. The summed E-state index contributed by atoms with van der Waals surface area (Å²) in [6, 6.07) is 7.70. The molecule has 0 bridgehead atoms. The molecule has 45 heavy (non-hydrogen) atoms. The summed E-state index contributed by atoms with van der Waals surface area (Å²) in [6.07, 6.45) is 0.508. The van der Waals surface area contributed by atoms with Crippen LogP contribution in [0.2, 0.25) is 36.3 Å².